The highest BCUT2D eigenvalue weighted by molar-refractivity contribution is 5.81. The molecule has 2 fully saturated rings. The fourth-order valence-corrected chi connectivity index (χ4v) is 4.08. The van der Waals surface area contributed by atoms with Crippen LogP contribution in [0, 0.1) is 11.8 Å². The summed E-state index contributed by atoms with van der Waals surface area (Å²) in [7, 11) is 0. The molecule has 2 aliphatic rings. The van der Waals surface area contributed by atoms with Crippen LogP contribution >= 0.6 is 0 Å². The molecule has 0 bridgehead atoms. The Hall–Kier alpha value is -1.43. The van der Waals surface area contributed by atoms with Crippen molar-refractivity contribution < 1.29 is 4.79 Å². The van der Waals surface area contributed by atoms with E-state index in [1.165, 1.54) is 19.3 Å². The van der Waals surface area contributed by atoms with Crippen LogP contribution in [0.1, 0.15) is 52.4 Å². The van der Waals surface area contributed by atoms with Gasteiger partial charge < -0.3 is 5.32 Å². The van der Waals surface area contributed by atoms with Gasteiger partial charge in [0.15, 0.2) is 0 Å². The second-order valence-corrected chi connectivity index (χ2v) is 7.76. The molecule has 2 atom stereocenters. The maximum atomic E-state index is 12.6. The maximum absolute atomic E-state index is 12.6. The summed E-state index contributed by atoms with van der Waals surface area (Å²) in [5.74, 6) is 1.57. The van der Waals surface area contributed by atoms with Crippen LogP contribution in [-0.4, -0.2) is 50.7 Å². The Kier molecular flexibility index (Phi) is 5.87. The lowest BCUT2D eigenvalue weighted by Gasteiger charge is -2.37. The minimum atomic E-state index is -0.0390. The third-order valence-corrected chi connectivity index (χ3v) is 5.75. The summed E-state index contributed by atoms with van der Waals surface area (Å²) in [6.45, 7) is 7.24. The van der Waals surface area contributed by atoms with Crippen LogP contribution in [0.2, 0.25) is 0 Å². The molecule has 0 spiro atoms. The van der Waals surface area contributed by atoms with E-state index in [4.69, 9.17) is 0 Å². The lowest BCUT2D eigenvalue weighted by molar-refractivity contribution is -0.127. The number of piperidine rings is 1. The van der Waals surface area contributed by atoms with Gasteiger partial charge in [-0.05, 0) is 63.8 Å². The van der Waals surface area contributed by atoms with Crippen molar-refractivity contribution in [2.24, 2.45) is 11.8 Å². The molecule has 6 heteroatoms. The standard InChI is InChI=1S/C18H31N5O/c1-14-5-7-17(8-6-14)21-18(24)15(2)22-9-3-4-16(10-22)11-23-13-19-12-20-23/h12-17H,3-11H2,1-2H3,(H,21,24). The molecule has 1 N–H and O–H groups in total. The monoisotopic (exact) mass is 333 g/mol. The molecular weight excluding hydrogens is 302 g/mol. The molecule has 24 heavy (non-hydrogen) atoms. The Labute approximate surface area is 145 Å². The summed E-state index contributed by atoms with van der Waals surface area (Å²) in [5, 5.41) is 7.50. The first kappa shape index (κ1) is 17.4. The Balaban J connectivity index is 1.48. The fourth-order valence-electron chi connectivity index (χ4n) is 4.08. The molecule has 1 aliphatic heterocycles. The van der Waals surface area contributed by atoms with Gasteiger partial charge in [-0.15, -0.1) is 0 Å². The minimum Gasteiger partial charge on any atom is -0.352 e. The van der Waals surface area contributed by atoms with Gasteiger partial charge in [0.25, 0.3) is 0 Å². The number of carbonyl (C=O) groups excluding carboxylic acids is 1. The minimum absolute atomic E-state index is 0.0390. The highest BCUT2D eigenvalue weighted by atomic mass is 16.2. The predicted octanol–water partition coefficient (Wildman–Crippen LogP) is 2.07. The third-order valence-electron chi connectivity index (χ3n) is 5.75. The highest BCUT2D eigenvalue weighted by Gasteiger charge is 2.29. The number of nitrogens with one attached hydrogen (secondary N) is 1. The number of aromatic nitrogens is 3. The van der Waals surface area contributed by atoms with E-state index in [0.29, 0.717) is 12.0 Å². The van der Waals surface area contributed by atoms with Crippen molar-refractivity contribution in [1.82, 2.24) is 25.0 Å². The number of likely N-dealkylation sites (tertiary alicyclic amines) is 1. The Morgan fingerprint density at radius 3 is 2.79 bits per heavy atom. The fraction of sp³-hybridized carbons (Fsp3) is 0.833. The van der Waals surface area contributed by atoms with E-state index in [0.717, 1.165) is 44.8 Å². The Morgan fingerprint density at radius 1 is 1.29 bits per heavy atom. The number of carbonyl (C=O) groups is 1. The summed E-state index contributed by atoms with van der Waals surface area (Å²) in [4.78, 5) is 19.0. The molecule has 3 rings (SSSR count). The zero-order valence-electron chi connectivity index (χ0n) is 15.0. The Morgan fingerprint density at radius 2 is 2.08 bits per heavy atom. The normalized spacial score (nSPS) is 30.0. The molecule has 1 aromatic heterocycles. The van der Waals surface area contributed by atoms with Crippen LogP contribution < -0.4 is 5.32 Å². The van der Waals surface area contributed by atoms with Crippen LogP contribution in [0.5, 0.6) is 0 Å². The first-order chi connectivity index (χ1) is 11.6. The molecule has 1 saturated heterocycles. The van der Waals surface area contributed by atoms with Crippen LogP contribution in [0.25, 0.3) is 0 Å². The van der Waals surface area contributed by atoms with Crippen molar-refractivity contribution in [3.05, 3.63) is 12.7 Å². The van der Waals surface area contributed by atoms with E-state index < -0.39 is 0 Å². The van der Waals surface area contributed by atoms with E-state index in [1.54, 1.807) is 12.7 Å². The summed E-state index contributed by atoms with van der Waals surface area (Å²) in [6, 6.07) is 0.342. The van der Waals surface area contributed by atoms with Crippen LogP contribution in [-0.2, 0) is 11.3 Å². The van der Waals surface area contributed by atoms with Crippen molar-refractivity contribution >= 4 is 5.91 Å². The molecule has 6 nitrogen and oxygen atoms in total. The lowest BCUT2D eigenvalue weighted by atomic mass is 9.87. The van der Waals surface area contributed by atoms with E-state index in [2.05, 4.69) is 34.1 Å². The zero-order chi connectivity index (χ0) is 16.9. The molecular formula is C18H31N5O. The van der Waals surface area contributed by atoms with Gasteiger partial charge in [0.1, 0.15) is 12.7 Å². The molecule has 1 saturated carbocycles. The number of hydrogen-bond donors (Lipinski definition) is 1. The van der Waals surface area contributed by atoms with Gasteiger partial charge in [-0.2, -0.15) is 5.10 Å². The molecule has 1 amide bonds. The lowest BCUT2D eigenvalue weighted by Crippen LogP contribution is -2.52. The van der Waals surface area contributed by atoms with Gasteiger partial charge in [0.2, 0.25) is 5.91 Å². The SMILES string of the molecule is CC1CCC(NC(=O)C(C)N2CCCC(Cn3cncn3)C2)CC1. The van der Waals surface area contributed by atoms with Gasteiger partial charge in [0, 0.05) is 19.1 Å². The third kappa shape index (κ3) is 4.56. The molecule has 0 radical (unpaired) electrons. The Bertz CT molecular complexity index is 509. The van der Waals surface area contributed by atoms with Crippen molar-refractivity contribution in [2.75, 3.05) is 13.1 Å². The van der Waals surface area contributed by atoms with Crippen molar-refractivity contribution in [3.63, 3.8) is 0 Å². The number of rotatable bonds is 5. The molecule has 2 unspecified atom stereocenters. The summed E-state index contributed by atoms with van der Waals surface area (Å²) >= 11 is 0. The van der Waals surface area contributed by atoms with Crippen LogP contribution in [0.3, 0.4) is 0 Å². The van der Waals surface area contributed by atoms with Crippen molar-refractivity contribution in [1.29, 1.82) is 0 Å². The molecule has 2 heterocycles. The second kappa shape index (κ2) is 8.10. The van der Waals surface area contributed by atoms with Gasteiger partial charge >= 0.3 is 0 Å². The number of amides is 1. The molecule has 1 aromatic rings. The van der Waals surface area contributed by atoms with Crippen LogP contribution in [0.4, 0.5) is 0 Å². The highest BCUT2D eigenvalue weighted by Crippen LogP contribution is 2.24. The molecule has 0 aromatic carbocycles. The first-order valence-corrected chi connectivity index (χ1v) is 9.48. The van der Waals surface area contributed by atoms with Gasteiger partial charge in [0.05, 0.1) is 6.04 Å². The molecule has 134 valence electrons. The quantitative estimate of drug-likeness (QED) is 0.896. The number of hydrogen-bond acceptors (Lipinski definition) is 4. The van der Waals surface area contributed by atoms with Gasteiger partial charge in [-0.3, -0.25) is 14.4 Å². The smallest absolute Gasteiger partial charge is 0.237 e. The zero-order valence-corrected chi connectivity index (χ0v) is 15.0. The topological polar surface area (TPSA) is 63.1 Å². The average molecular weight is 333 g/mol. The number of nitrogens with zero attached hydrogens (tertiary/aromatic N) is 4. The largest absolute Gasteiger partial charge is 0.352 e. The molecule has 1 aliphatic carbocycles. The van der Waals surface area contributed by atoms with E-state index in [9.17, 15) is 4.79 Å². The predicted molar refractivity (Wildman–Crippen MR) is 93.3 cm³/mol. The van der Waals surface area contributed by atoms with Crippen molar-refractivity contribution in [3.8, 4) is 0 Å². The van der Waals surface area contributed by atoms with Gasteiger partial charge in [-0.25, -0.2) is 4.98 Å². The summed E-state index contributed by atoms with van der Waals surface area (Å²) in [5.41, 5.74) is 0. The van der Waals surface area contributed by atoms with Crippen LogP contribution in [0.15, 0.2) is 12.7 Å². The van der Waals surface area contributed by atoms with E-state index in [-0.39, 0.29) is 11.9 Å². The second-order valence-electron chi connectivity index (χ2n) is 7.76. The summed E-state index contributed by atoms with van der Waals surface area (Å²) in [6.07, 6.45) is 10.5. The van der Waals surface area contributed by atoms with E-state index >= 15 is 0 Å². The average Bonchev–Trinajstić information content (AvgIpc) is 3.09. The van der Waals surface area contributed by atoms with E-state index in [1.807, 2.05) is 4.68 Å². The summed E-state index contributed by atoms with van der Waals surface area (Å²) < 4.78 is 1.90. The van der Waals surface area contributed by atoms with Crippen molar-refractivity contribution in [2.45, 2.75) is 71.0 Å². The first-order valence-electron chi connectivity index (χ1n) is 9.48. The van der Waals surface area contributed by atoms with Gasteiger partial charge in [-0.1, -0.05) is 6.92 Å². The maximum Gasteiger partial charge on any atom is 0.237 e.